The lowest BCUT2D eigenvalue weighted by atomic mass is 9.96. The Hall–Kier alpha value is -4.29. The van der Waals surface area contributed by atoms with Gasteiger partial charge in [-0.3, -0.25) is 9.78 Å². The summed E-state index contributed by atoms with van der Waals surface area (Å²) in [5.41, 5.74) is 7.71. The number of amides is 1. The highest BCUT2D eigenvalue weighted by molar-refractivity contribution is 6.30. The average molecular weight is 508 g/mol. The van der Waals surface area contributed by atoms with Gasteiger partial charge in [-0.05, 0) is 45.8 Å². The highest BCUT2D eigenvalue weighted by Crippen LogP contribution is 2.33. The SMILES string of the molecule is NC(=O)c1cnc(C(c2ccc(Cl)cc2)n2ncnn2)c(C(c2ccc(Cl)cc2)n2ncnn2)n1. The summed E-state index contributed by atoms with van der Waals surface area (Å²) >= 11 is 12.2. The molecule has 0 radical (unpaired) electrons. The first-order valence-electron chi connectivity index (χ1n) is 10.1. The number of primary amides is 1. The van der Waals surface area contributed by atoms with E-state index >= 15 is 0 Å². The van der Waals surface area contributed by atoms with Crippen LogP contribution in [0.1, 0.15) is 45.1 Å². The quantitative estimate of drug-likeness (QED) is 0.348. The molecule has 14 heteroatoms. The van der Waals surface area contributed by atoms with Crippen molar-refractivity contribution in [2.75, 3.05) is 0 Å². The minimum atomic E-state index is -0.742. The molecule has 5 aromatic rings. The number of rotatable bonds is 7. The molecule has 0 aliphatic carbocycles. The summed E-state index contributed by atoms with van der Waals surface area (Å²) in [6.07, 6.45) is 3.90. The fourth-order valence-electron chi connectivity index (χ4n) is 3.62. The predicted octanol–water partition coefficient (Wildman–Crippen LogP) is 2.13. The molecule has 2 atom stereocenters. The fourth-order valence-corrected chi connectivity index (χ4v) is 3.87. The summed E-state index contributed by atoms with van der Waals surface area (Å²) in [6.45, 7) is 0. The van der Waals surface area contributed by atoms with Gasteiger partial charge in [-0.1, -0.05) is 47.5 Å². The molecule has 0 aliphatic heterocycles. The molecule has 0 saturated heterocycles. The number of benzene rings is 2. The van der Waals surface area contributed by atoms with Gasteiger partial charge in [-0.2, -0.15) is 9.59 Å². The van der Waals surface area contributed by atoms with Crippen molar-refractivity contribution < 1.29 is 4.79 Å². The van der Waals surface area contributed by atoms with Gasteiger partial charge >= 0.3 is 0 Å². The number of aromatic nitrogens is 10. The fraction of sp³-hybridized carbons (Fsp3) is 0.0952. The highest BCUT2D eigenvalue weighted by atomic mass is 35.5. The van der Waals surface area contributed by atoms with Crippen LogP contribution in [0.5, 0.6) is 0 Å². The van der Waals surface area contributed by atoms with Gasteiger partial charge in [-0.25, -0.2) is 4.98 Å². The van der Waals surface area contributed by atoms with E-state index in [4.69, 9.17) is 28.9 Å². The second-order valence-corrected chi connectivity index (χ2v) is 8.18. The standard InChI is InChI=1S/C21H15Cl2N11O/c22-14-5-1-12(2-6-14)19(33-28-10-26-31-33)17-18(30-16(9-25-17)21(24)35)20(34-29-11-27-32-34)13-3-7-15(23)8-4-13/h1-11,19-20H,(H2,24,35). The van der Waals surface area contributed by atoms with Crippen LogP contribution < -0.4 is 5.73 Å². The van der Waals surface area contributed by atoms with Crippen molar-refractivity contribution in [1.29, 1.82) is 0 Å². The summed E-state index contributed by atoms with van der Waals surface area (Å²) in [5.74, 6) is -0.742. The van der Waals surface area contributed by atoms with Crippen LogP contribution in [0, 0.1) is 0 Å². The summed E-state index contributed by atoms with van der Waals surface area (Å²) < 4.78 is 0. The predicted molar refractivity (Wildman–Crippen MR) is 124 cm³/mol. The third-order valence-electron chi connectivity index (χ3n) is 5.16. The lowest BCUT2D eigenvalue weighted by molar-refractivity contribution is 0.0994. The van der Waals surface area contributed by atoms with Crippen molar-refractivity contribution >= 4 is 29.1 Å². The Morgan fingerprint density at radius 3 is 1.69 bits per heavy atom. The zero-order valence-electron chi connectivity index (χ0n) is 17.7. The lowest BCUT2D eigenvalue weighted by Gasteiger charge is -2.23. The van der Waals surface area contributed by atoms with E-state index in [0.29, 0.717) is 27.0 Å². The molecule has 2 unspecified atom stereocenters. The number of hydrogen-bond acceptors (Lipinski definition) is 9. The molecule has 0 aliphatic rings. The zero-order valence-corrected chi connectivity index (χ0v) is 19.2. The molecule has 35 heavy (non-hydrogen) atoms. The number of hydrogen-bond donors (Lipinski definition) is 1. The Bertz CT molecular complexity index is 1440. The highest BCUT2D eigenvalue weighted by Gasteiger charge is 2.32. The monoisotopic (exact) mass is 507 g/mol. The first-order valence-corrected chi connectivity index (χ1v) is 10.9. The maximum Gasteiger partial charge on any atom is 0.268 e. The molecular weight excluding hydrogens is 493 g/mol. The van der Waals surface area contributed by atoms with Gasteiger partial charge < -0.3 is 5.73 Å². The molecule has 0 fully saturated rings. The molecule has 2 N–H and O–H groups in total. The third-order valence-corrected chi connectivity index (χ3v) is 5.67. The Morgan fingerprint density at radius 2 is 1.26 bits per heavy atom. The molecule has 0 spiro atoms. The van der Waals surface area contributed by atoms with Gasteiger partial charge in [-0.15, -0.1) is 20.4 Å². The van der Waals surface area contributed by atoms with E-state index in [-0.39, 0.29) is 5.69 Å². The molecule has 174 valence electrons. The Morgan fingerprint density at radius 1 is 0.771 bits per heavy atom. The molecule has 12 nitrogen and oxygen atoms in total. The molecule has 5 rings (SSSR count). The van der Waals surface area contributed by atoms with Gasteiger partial charge in [0.05, 0.1) is 17.6 Å². The van der Waals surface area contributed by atoms with E-state index in [0.717, 1.165) is 5.56 Å². The molecule has 3 heterocycles. The molecule has 0 saturated carbocycles. The second-order valence-electron chi connectivity index (χ2n) is 7.31. The van der Waals surface area contributed by atoms with Crippen molar-refractivity contribution in [2.24, 2.45) is 5.73 Å². The third kappa shape index (κ3) is 4.56. The zero-order chi connectivity index (χ0) is 24.4. The molecule has 1 amide bonds. The number of nitrogens with two attached hydrogens (primary N) is 1. The maximum absolute atomic E-state index is 12.1. The van der Waals surface area contributed by atoms with Crippen LogP contribution in [0.2, 0.25) is 10.0 Å². The Labute approximate surface area is 207 Å². The summed E-state index contributed by atoms with van der Waals surface area (Å²) in [5, 5.41) is 25.4. The van der Waals surface area contributed by atoms with Crippen LogP contribution in [-0.4, -0.2) is 56.3 Å². The number of carbonyl (C=O) groups is 1. The molecule has 3 aromatic heterocycles. The molecule has 2 aromatic carbocycles. The normalized spacial score (nSPS) is 12.9. The van der Waals surface area contributed by atoms with Crippen LogP contribution in [0.25, 0.3) is 0 Å². The topological polar surface area (TPSA) is 156 Å². The maximum atomic E-state index is 12.1. The number of tetrazole rings is 2. The average Bonchev–Trinajstić information content (AvgIpc) is 3.58. The smallest absolute Gasteiger partial charge is 0.268 e. The van der Waals surface area contributed by atoms with E-state index < -0.39 is 18.0 Å². The van der Waals surface area contributed by atoms with Gasteiger partial charge in [0.25, 0.3) is 5.91 Å². The van der Waals surface area contributed by atoms with Crippen molar-refractivity contribution in [1.82, 2.24) is 50.4 Å². The second kappa shape index (κ2) is 9.52. The molecule has 0 bridgehead atoms. The van der Waals surface area contributed by atoms with Crippen LogP contribution >= 0.6 is 23.2 Å². The summed E-state index contributed by atoms with van der Waals surface area (Å²) in [4.78, 5) is 24.0. The van der Waals surface area contributed by atoms with Gasteiger partial charge in [0.15, 0.2) is 12.7 Å². The van der Waals surface area contributed by atoms with E-state index in [2.05, 4.69) is 40.8 Å². The number of carbonyl (C=O) groups excluding carboxylic acids is 1. The first-order chi connectivity index (χ1) is 17.0. The van der Waals surface area contributed by atoms with Gasteiger partial charge in [0, 0.05) is 10.0 Å². The minimum absolute atomic E-state index is 0.0377. The summed E-state index contributed by atoms with van der Waals surface area (Å²) in [7, 11) is 0. The van der Waals surface area contributed by atoms with E-state index in [1.54, 1.807) is 36.4 Å². The summed E-state index contributed by atoms with van der Waals surface area (Å²) in [6, 6.07) is 12.7. The van der Waals surface area contributed by atoms with Crippen LogP contribution in [0.3, 0.4) is 0 Å². The number of halogens is 2. The van der Waals surface area contributed by atoms with E-state index in [1.807, 2.05) is 12.1 Å². The Balaban J connectivity index is 1.78. The van der Waals surface area contributed by atoms with Crippen molar-refractivity contribution in [2.45, 2.75) is 12.1 Å². The van der Waals surface area contributed by atoms with Crippen LogP contribution in [-0.2, 0) is 0 Å². The van der Waals surface area contributed by atoms with Crippen molar-refractivity contribution in [3.05, 3.63) is 106 Å². The lowest BCUT2D eigenvalue weighted by Crippen LogP contribution is -2.26. The Kier molecular flexibility index (Phi) is 6.12. The van der Waals surface area contributed by atoms with Gasteiger partial charge in [0.1, 0.15) is 17.8 Å². The van der Waals surface area contributed by atoms with E-state index in [9.17, 15) is 4.79 Å². The minimum Gasteiger partial charge on any atom is -0.364 e. The van der Waals surface area contributed by atoms with Crippen molar-refractivity contribution in [3.63, 3.8) is 0 Å². The molecular formula is C21H15Cl2N11O. The first kappa shape index (κ1) is 22.5. The van der Waals surface area contributed by atoms with Gasteiger partial charge in [0.2, 0.25) is 0 Å². The number of nitrogens with zero attached hydrogens (tertiary/aromatic N) is 10. The largest absolute Gasteiger partial charge is 0.364 e. The van der Waals surface area contributed by atoms with E-state index in [1.165, 1.54) is 28.4 Å². The van der Waals surface area contributed by atoms with Crippen molar-refractivity contribution in [3.8, 4) is 0 Å². The van der Waals surface area contributed by atoms with Crippen LogP contribution in [0.15, 0.2) is 67.4 Å². The van der Waals surface area contributed by atoms with Crippen LogP contribution in [0.4, 0.5) is 0 Å².